The maximum Gasteiger partial charge on any atom is 0.239 e. The molecule has 1 aromatic rings. The van der Waals surface area contributed by atoms with Gasteiger partial charge in [0.25, 0.3) is 0 Å². The summed E-state index contributed by atoms with van der Waals surface area (Å²) in [5, 5.41) is 2.83. The summed E-state index contributed by atoms with van der Waals surface area (Å²) < 4.78 is 10.1. The summed E-state index contributed by atoms with van der Waals surface area (Å²) >= 11 is 0. The Morgan fingerprint density at radius 3 is 2.67 bits per heavy atom. The van der Waals surface area contributed by atoms with Crippen LogP contribution >= 0.6 is 0 Å². The normalized spacial score (nSPS) is 13.8. The first kappa shape index (κ1) is 14.5. The smallest absolute Gasteiger partial charge is 0.239 e. The lowest BCUT2D eigenvalue weighted by molar-refractivity contribution is -0.124. The van der Waals surface area contributed by atoms with Crippen LogP contribution in [0.25, 0.3) is 0 Å². The molecule has 0 spiro atoms. The minimum atomic E-state index is -0.660. The van der Waals surface area contributed by atoms with Crippen LogP contribution in [0.3, 0.4) is 0 Å². The minimum Gasteiger partial charge on any atom is -0.496 e. The molecule has 0 heterocycles. The van der Waals surface area contributed by atoms with Crippen LogP contribution in [0.15, 0.2) is 24.3 Å². The van der Waals surface area contributed by atoms with Gasteiger partial charge in [0.2, 0.25) is 5.91 Å². The van der Waals surface area contributed by atoms with E-state index in [9.17, 15) is 4.79 Å². The Morgan fingerprint density at radius 1 is 1.39 bits per heavy atom. The number of carbonyl (C=O) groups excluding carboxylic acids is 1. The Labute approximate surface area is 107 Å². The van der Waals surface area contributed by atoms with Crippen molar-refractivity contribution in [3.05, 3.63) is 29.8 Å². The number of hydrogen-bond acceptors (Lipinski definition) is 4. The summed E-state index contributed by atoms with van der Waals surface area (Å²) in [6.45, 7) is 2.08. The number of amides is 1. The third-order valence-electron chi connectivity index (χ3n) is 2.65. The molecule has 0 fully saturated rings. The Balaban J connectivity index is 2.70. The van der Waals surface area contributed by atoms with Crippen molar-refractivity contribution < 1.29 is 14.3 Å². The van der Waals surface area contributed by atoms with Crippen LogP contribution < -0.4 is 15.8 Å². The van der Waals surface area contributed by atoms with Crippen molar-refractivity contribution in [2.24, 2.45) is 5.73 Å². The van der Waals surface area contributed by atoms with Crippen molar-refractivity contribution in [3.63, 3.8) is 0 Å². The highest BCUT2D eigenvalue weighted by Gasteiger charge is 2.18. The van der Waals surface area contributed by atoms with Crippen LogP contribution in [0, 0.1) is 0 Å². The average molecular weight is 252 g/mol. The van der Waals surface area contributed by atoms with Gasteiger partial charge in [0.15, 0.2) is 0 Å². The zero-order valence-corrected chi connectivity index (χ0v) is 11.0. The van der Waals surface area contributed by atoms with Crippen molar-refractivity contribution in [3.8, 4) is 5.75 Å². The lowest BCUT2D eigenvalue weighted by atomic mass is 10.1. The number of nitrogens with one attached hydrogen (secondary N) is 1. The summed E-state index contributed by atoms with van der Waals surface area (Å²) in [5.74, 6) is 0.501. The van der Waals surface area contributed by atoms with Gasteiger partial charge in [0.05, 0.1) is 19.8 Å². The van der Waals surface area contributed by atoms with Gasteiger partial charge in [0.1, 0.15) is 11.8 Å². The maximum atomic E-state index is 11.8. The van der Waals surface area contributed by atoms with Gasteiger partial charge >= 0.3 is 0 Å². The van der Waals surface area contributed by atoms with E-state index >= 15 is 0 Å². The second-order valence-electron chi connectivity index (χ2n) is 4.03. The number of methoxy groups -OCH3 is 2. The van der Waals surface area contributed by atoms with Crippen LogP contribution in [0.4, 0.5) is 0 Å². The van der Waals surface area contributed by atoms with E-state index in [1.165, 1.54) is 7.11 Å². The number of rotatable bonds is 6. The fourth-order valence-corrected chi connectivity index (χ4v) is 1.68. The zero-order valence-electron chi connectivity index (χ0n) is 11.0. The third-order valence-corrected chi connectivity index (χ3v) is 2.65. The number of benzene rings is 1. The van der Waals surface area contributed by atoms with E-state index in [0.717, 1.165) is 11.3 Å². The van der Waals surface area contributed by atoms with Gasteiger partial charge < -0.3 is 20.5 Å². The molecule has 0 aliphatic heterocycles. The molecule has 0 radical (unpaired) electrons. The average Bonchev–Trinajstić information content (AvgIpc) is 2.38. The van der Waals surface area contributed by atoms with E-state index < -0.39 is 6.04 Å². The van der Waals surface area contributed by atoms with E-state index in [0.29, 0.717) is 0 Å². The summed E-state index contributed by atoms with van der Waals surface area (Å²) in [6.07, 6.45) is 0. The van der Waals surface area contributed by atoms with Gasteiger partial charge in [0, 0.05) is 12.7 Å². The molecule has 1 aromatic carbocycles. The van der Waals surface area contributed by atoms with Gasteiger partial charge in [-0.2, -0.15) is 0 Å². The summed E-state index contributed by atoms with van der Waals surface area (Å²) in [7, 11) is 3.11. The molecule has 0 aliphatic rings. The summed E-state index contributed by atoms with van der Waals surface area (Å²) in [6, 6.07) is 6.71. The Kier molecular flexibility index (Phi) is 5.61. The molecule has 100 valence electrons. The predicted octanol–water partition coefficient (Wildman–Crippen LogP) is 0.846. The summed E-state index contributed by atoms with van der Waals surface area (Å²) in [5.41, 5.74) is 6.57. The molecule has 0 saturated carbocycles. The van der Waals surface area contributed by atoms with E-state index in [2.05, 4.69) is 5.32 Å². The van der Waals surface area contributed by atoms with Crippen LogP contribution in [-0.2, 0) is 9.53 Å². The number of para-hydroxylation sites is 1. The van der Waals surface area contributed by atoms with Gasteiger partial charge in [-0.3, -0.25) is 4.79 Å². The van der Waals surface area contributed by atoms with Gasteiger partial charge in [-0.05, 0) is 13.0 Å². The van der Waals surface area contributed by atoms with E-state index in [-0.39, 0.29) is 18.6 Å². The van der Waals surface area contributed by atoms with Gasteiger partial charge in [-0.1, -0.05) is 18.2 Å². The lowest BCUT2D eigenvalue weighted by Gasteiger charge is -2.19. The zero-order chi connectivity index (χ0) is 13.5. The highest BCUT2D eigenvalue weighted by Crippen LogP contribution is 2.24. The second kappa shape index (κ2) is 6.98. The largest absolute Gasteiger partial charge is 0.496 e. The standard InChI is InChI=1S/C13H20N2O3/c1-9(15-13(16)11(14)8-17-2)10-6-4-5-7-12(10)18-3/h4-7,9,11H,8,14H2,1-3H3,(H,15,16)/t9-,11?/m1/s1. The fraction of sp³-hybridized carbons (Fsp3) is 0.462. The van der Waals surface area contributed by atoms with Crippen molar-refractivity contribution in [1.82, 2.24) is 5.32 Å². The van der Waals surface area contributed by atoms with Crippen molar-refractivity contribution in [2.45, 2.75) is 19.0 Å². The highest BCUT2D eigenvalue weighted by molar-refractivity contribution is 5.82. The topological polar surface area (TPSA) is 73.6 Å². The number of carbonyl (C=O) groups is 1. The van der Waals surface area contributed by atoms with Crippen molar-refractivity contribution in [1.29, 1.82) is 0 Å². The molecule has 5 nitrogen and oxygen atoms in total. The maximum absolute atomic E-state index is 11.8. The molecule has 0 saturated heterocycles. The molecule has 0 aromatic heterocycles. The van der Waals surface area contributed by atoms with Crippen LogP contribution in [0.5, 0.6) is 5.75 Å². The number of nitrogens with two attached hydrogens (primary N) is 1. The number of ether oxygens (including phenoxy) is 2. The molecule has 5 heteroatoms. The van der Waals surface area contributed by atoms with E-state index in [1.54, 1.807) is 7.11 Å². The molecule has 1 rings (SSSR count). The molecule has 18 heavy (non-hydrogen) atoms. The first-order chi connectivity index (χ1) is 8.60. The Hall–Kier alpha value is -1.59. The first-order valence-electron chi connectivity index (χ1n) is 5.78. The molecule has 1 unspecified atom stereocenters. The monoisotopic (exact) mass is 252 g/mol. The minimum absolute atomic E-state index is 0.170. The lowest BCUT2D eigenvalue weighted by Crippen LogP contribution is -2.44. The van der Waals surface area contributed by atoms with Crippen LogP contribution in [0.2, 0.25) is 0 Å². The highest BCUT2D eigenvalue weighted by atomic mass is 16.5. The molecule has 3 N–H and O–H groups in total. The molecular weight excluding hydrogens is 232 g/mol. The van der Waals surface area contributed by atoms with Gasteiger partial charge in [-0.25, -0.2) is 0 Å². The second-order valence-corrected chi connectivity index (χ2v) is 4.03. The quantitative estimate of drug-likeness (QED) is 0.787. The molecular formula is C13H20N2O3. The van der Waals surface area contributed by atoms with Crippen molar-refractivity contribution in [2.75, 3.05) is 20.8 Å². The first-order valence-corrected chi connectivity index (χ1v) is 5.78. The Bertz CT molecular complexity index is 396. The van der Waals surface area contributed by atoms with Gasteiger partial charge in [-0.15, -0.1) is 0 Å². The molecule has 0 aliphatic carbocycles. The SMILES string of the molecule is COCC(N)C(=O)N[C@H](C)c1ccccc1OC. The summed E-state index contributed by atoms with van der Waals surface area (Å²) in [4.78, 5) is 11.8. The third kappa shape index (κ3) is 3.72. The van der Waals surface area contributed by atoms with Crippen LogP contribution in [-0.4, -0.2) is 32.8 Å². The Morgan fingerprint density at radius 2 is 2.06 bits per heavy atom. The molecule has 1 amide bonds. The van der Waals surface area contributed by atoms with Crippen molar-refractivity contribution >= 4 is 5.91 Å². The molecule has 2 atom stereocenters. The fourth-order valence-electron chi connectivity index (χ4n) is 1.68. The van der Waals surface area contributed by atoms with E-state index in [1.807, 2.05) is 31.2 Å². The van der Waals surface area contributed by atoms with E-state index in [4.69, 9.17) is 15.2 Å². The number of hydrogen-bond donors (Lipinski definition) is 2. The molecule has 0 bridgehead atoms. The predicted molar refractivity (Wildman–Crippen MR) is 69.4 cm³/mol. The van der Waals surface area contributed by atoms with Crippen LogP contribution in [0.1, 0.15) is 18.5 Å².